The van der Waals surface area contributed by atoms with Crippen LogP contribution in [0.3, 0.4) is 0 Å². The average molecular weight is 374 g/mol. The zero-order chi connectivity index (χ0) is 19.5. The van der Waals surface area contributed by atoms with Gasteiger partial charge in [0.15, 0.2) is 0 Å². The molecule has 0 radical (unpaired) electrons. The number of rotatable bonds is 6. The summed E-state index contributed by atoms with van der Waals surface area (Å²) in [6.45, 7) is 4.73. The summed E-state index contributed by atoms with van der Waals surface area (Å²) in [7, 11) is 0. The largest absolute Gasteiger partial charge is 0.365 e. The molecule has 0 aliphatic carbocycles. The van der Waals surface area contributed by atoms with Gasteiger partial charge in [0.1, 0.15) is 0 Å². The van der Waals surface area contributed by atoms with Gasteiger partial charge in [-0.3, -0.25) is 9.48 Å². The Morgan fingerprint density at radius 3 is 2.71 bits per heavy atom. The molecule has 0 saturated carbocycles. The minimum Gasteiger partial charge on any atom is -0.365 e. The van der Waals surface area contributed by atoms with Gasteiger partial charge in [-0.1, -0.05) is 48.5 Å². The molecular formula is C23H26N4O. The van der Waals surface area contributed by atoms with E-state index in [1.165, 1.54) is 22.3 Å². The highest BCUT2D eigenvalue weighted by molar-refractivity contribution is 5.93. The van der Waals surface area contributed by atoms with Crippen LogP contribution in [0.25, 0.3) is 11.1 Å². The summed E-state index contributed by atoms with van der Waals surface area (Å²) in [5.41, 5.74) is 12.2. The fourth-order valence-corrected chi connectivity index (χ4v) is 4.10. The molecular weight excluding hydrogens is 348 g/mol. The predicted octanol–water partition coefficient (Wildman–Crippen LogP) is 3.31. The Kier molecular flexibility index (Phi) is 5.26. The summed E-state index contributed by atoms with van der Waals surface area (Å²) in [6, 6.07) is 17.1. The number of primary amides is 1. The standard InChI is InChI=1S/C23H26N4O/c1-16-6-2-4-8-19(16)20-9-5-3-7-18(20)14-25-13-17-10-11-27-22(12-17)21(15-26-27)23(24)28/h2-9,15,17,25H,10-14H2,1H3,(H2,24,28). The second-order valence-corrected chi connectivity index (χ2v) is 7.55. The van der Waals surface area contributed by atoms with Crippen LogP contribution in [0.5, 0.6) is 0 Å². The maximum absolute atomic E-state index is 11.6. The van der Waals surface area contributed by atoms with Gasteiger partial charge in [-0.05, 0) is 54.5 Å². The number of fused-ring (bicyclic) bond motifs is 1. The molecule has 0 bridgehead atoms. The van der Waals surface area contributed by atoms with Crippen molar-refractivity contribution in [1.82, 2.24) is 15.1 Å². The first kappa shape index (κ1) is 18.4. The zero-order valence-electron chi connectivity index (χ0n) is 16.2. The number of carbonyl (C=O) groups excluding carboxylic acids is 1. The summed E-state index contributed by atoms with van der Waals surface area (Å²) < 4.78 is 1.92. The predicted molar refractivity (Wildman–Crippen MR) is 111 cm³/mol. The van der Waals surface area contributed by atoms with Crippen molar-refractivity contribution in [2.75, 3.05) is 6.54 Å². The number of aryl methyl sites for hydroxylation is 2. The van der Waals surface area contributed by atoms with Crippen molar-refractivity contribution in [3.05, 3.63) is 77.1 Å². The molecule has 1 aliphatic heterocycles. The van der Waals surface area contributed by atoms with Crippen LogP contribution in [-0.4, -0.2) is 22.2 Å². The van der Waals surface area contributed by atoms with Crippen LogP contribution in [0.2, 0.25) is 0 Å². The molecule has 3 N–H and O–H groups in total. The number of amides is 1. The second kappa shape index (κ2) is 7.98. The minimum atomic E-state index is -0.387. The van der Waals surface area contributed by atoms with Crippen LogP contribution in [0, 0.1) is 12.8 Å². The zero-order valence-corrected chi connectivity index (χ0v) is 16.2. The number of aromatic nitrogens is 2. The highest BCUT2D eigenvalue weighted by Crippen LogP contribution is 2.27. The van der Waals surface area contributed by atoms with Gasteiger partial charge in [-0.2, -0.15) is 5.10 Å². The van der Waals surface area contributed by atoms with Gasteiger partial charge in [0.25, 0.3) is 5.91 Å². The molecule has 1 amide bonds. The van der Waals surface area contributed by atoms with Gasteiger partial charge < -0.3 is 11.1 Å². The Hall–Kier alpha value is -2.92. The van der Waals surface area contributed by atoms with E-state index in [1.807, 2.05) is 4.68 Å². The second-order valence-electron chi connectivity index (χ2n) is 7.55. The number of nitrogens with zero attached hydrogens (tertiary/aromatic N) is 2. The van der Waals surface area contributed by atoms with Crippen LogP contribution in [0.15, 0.2) is 54.7 Å². The Morgan fingerprint density at radius 1 is 1.18 bits per heavy atom. The average Bonchev–Trinajstić information content (AvgIpc) is 3.12. The number of nitrogens with one attached hydrogen (secondary N) is 1. The molecule has 3 aromatic rings. The van der Waals surface area contributed by atoms with Crippen LogP contribution in [0.4, 0.5) is 0 Å². The smallest absolute Gasteiger partial charge is 0.252 e. The molecule has 0 fully saturated rings. The van der Waals surface area contributed by atoms with Crippen molar-refractivity contribution in [3.63, 3.8) is 0 Å². The Labute approximate surface area is 165 Å². The summed E-state index contributed by atoms with van der Waals surface area (Å²) >= 11 is 0. The van der Waals surface area contributed by atoms with Crippen LogP contribution in [0.1, 0.15) is 33.6 Å². The topological polar surface area (TPSA) is 72.9 Å². The minimum absolute atomic E-state index is 0.387. The van der Waals surface area contributed by atoms with E-state index in [1.54, 1.807) is 6.20 Å². The Bertz CT molecular complexity index is 992. The van der Waals surface area contributed by atoms with Crippen LogP contribution >= 0.6 is 0 Å². The van der Waals surface area contributed by atoms with Crippen molar-refractivity contribution in [2.24, 2.45) is 11.7 Å². The molecule has 2 aromatic carbocycles. The lowest BCUT2D eigenvalue weighted by atomic mass is 9.93. The lowest BCUT2D eigenvalue weighted by molar-refractivity contribution is 0.0998. The fourth-order valence-electron chi connectivity index (χ4n) is 4.10. The first-order chi connectivity index (χ1) is 13.6. The number of hydrogen-bond acceptors (Lipinski definition) is 3. The molecule has 1 unspecified atom stereocenters. The highest BCUT2D eigenvalue weighted by atomic mass is 16.1. The number of hydrogen-bond donors (Lipinski definition) is 2. The Morgan fingerprint density at radius 2 is 1.93 bits per heavy atom. The summed E-state index contributed by atoms with van der Waals surface area (Å²) in [6.07, 6.45) is 3.50. The molecule has 5 heteroatoms. The van der Waals surface area contributed by atoms with E-state index < -0.39 is 0 Å². The van der Waals surface area contributed by atoms with Gasteiger partial charge in [-0.25, -0.2) is 0 Å². The van der Waals surface area contributed by atoms with E-state index in [9.17, 15) is 4.79 Å². The maximum Gasteiger partial charge on any atom is 0.252 e. The molecule has 1 aromatic heterocycles. The van der Waals surface area contributed by atoms with E-state index in [4.69, 9.17) is 5.73 Å². The third-order valence-corrected chi connectivity index (χ3v) is 5.65. The lowest BCUT2D eigenvalue weighted by Crippen LogP contribution is -2.30. The monoisotopic (exact) mass is 374 g/mol. The molecule has 28 heavy (non-hydrogen) atoms. The molecule has 4 rings (SSSR count). The van der Waals surface area contributed by atoms with Crippen molar-refractivity contribution in [1.29, 1.82) is 0 Å². The first-order valence-electron chi connectivity index (χ1n) is 9.82. The SMILES string of the molecule is Cc1ccccc1-c1ccccc1CNCC1CCn2ncc(C(N)=O)c2C1. The van der Waals surface area contributed by atoms with Gasteiger partial charge in [0, 0.05) is 13.1 Å². The number of nitrogens with two attached hydrogens (primary N) is 1. The van der Waals surface area contributed by atoms with Crippen LogP contribution < -0.4 is 11.1 Å². The van der Waals surface area contributed by atoms with E-state index in [-0.39, 0.29) is 5.91 Å². The summed E-state index contributed by atoms with van der Waals surface area (Å²) in [5.74, 6) is 0.0925. The molecule has 2 heterocycles. The van der Waals surface area contributed by atoms with E-state index in [2.05, 4.69) is 65.9 Å². The molecule has 1 atom stereocenters. The van der Waals surface area contributed by atoms with Crippen LogP contribution in [-0.2, 0) is 19.5 Å². The maximum atomic E-state index is 11.6. The molecule has 0 spiro atoms. The Balaban J connectivity index is 1.42. The van der Waals surface area contributed by atoms with Crippen molar-refractivity contribution in [2.45, 2.75) is 32.9 Å². The molecule has 0 saturated heterocycles. The van der Waals surface area contributed by atoms with Crippen molar-refractivity contribution < 1.29 is 4.79 Å². The van der Waals surface area contributed by atoms with Gasteiger partial charge >= 0.3 is 0 Å². The number of carbonyl (C=O) groups is 1. The molecule has 144 valence electrons. The van der Waals surface area contributed by atoms with Crippen molar-refractivity contribution in [3.8, 4) is 11.1 Å². The normalized spacial score (nSPS) is 16.0. The van der Waals surface area contributed by atoms with Crippen molar-refractivity contribution >= 4 is 5.91 Å². The lowest BCUT2D eigenvalue weighted by Gasteiger charge is -2.24. The number of benzene rings is 2. The van der Waals surface area contributed by atoms with E-state index in [0.717, 1.165) is 38.2 Å². The fraction of sp³-hybridized carbons (Fsp3) is 0.304. The third-order valence-electron chi connectivity index (χ3n) is 5.65. The summed E-state index contributed by atoms with van der Waals surface area (Å²) in [5, 5.41) is 7.92. The molecule has 5 nitrogen and oxygen atoms in total. The highest BCUT2D eigenvalue weighted by Gasteiger charge is 2.24. The first-order valence-corrected chi connectivity index (χ1v) is 9.82. The van der Waals surface area contributed by atoms with Gasteiger partial charge in [-0.15, -0.1) is 0 Å². The van der Waals surface area contributed by atoms with Gasteiger partial charge in [0.05, 0.1) is 17.5 Å². The summed E-state index contributed by atoms with van der Waals surface area (Å²) in [4.78, 5) is 11.6. The quantitative estimate of drug-likeness (QED) is 0.695. The third kappa shape index (κ3) is 3.71. The van der Waals surface area contributed by atoms with Gasteiger partial charge in [0.2, 0.25) is 0 Å². The molecule has 1 aliphatic rings. The van der Waals surface area contributed by atoms with E-state index in [0.29, 0.717) is 11.5 Å². The van der Waals surface area contributed by atoms with E-state index >= 15 is 0 Å².